The average Bonchev–Trinajstić information content (AvgIpc) is 2.87. The van der Waals surface area contributed by atoms with E-state index in [1.165, 1.54) is 0 Å². The maximum Gasteiger partial charge on any atom is 0.238 e. The Bertz CT molecular complexity index is 283. The molecule has 1 saturated carbocycles. The maximum absolute atomic E-state index is 11.8. The van der Waals surface area contributed by atoms with E-state index in [1.54, 1.807) is 11.8 Å². The molecule has 0 aromatic rings. The summed E-state index contributed by atoms with van der Waals surface area (Å²) in [6.07, 6.45) is 2.92. The fourth-order valence-electron chi connectivity index (χ4n) is 2.13. The first kappa shape index (κ1) is 10.8. The zero-order valence-electron chi connectivity index (χ0n) is 8.53. The lowest BCUT2D eigenvalue weighted by molar-refractivity contribution is -0.123. The number of nitrogens with one attached hydrogen (secondary N) is 2. The molecule has 3 unspecified atom stereocenters. The van der Waals surface area contributed by atoms with Crippen LogP contribution in [0.3, 0.4) is 0 Å². The molecule has 1 amide bonds. The zero-order chi connectivity index (χ0) is 10.7. The van der Waals surface area contributed by atoms with Gasteiger partial charge >= 0.3 is 0 Å². The third-order valence-electron chi connectivity index (χ3n) is 3.04. The summed E-state index contributed by atoms with van der Waals surface area (Å²) in [7, 11) is 0. The minimum Gasteiger partial charge on any atom is -0.351 e. The smallest absolute Gasteiger partial charge is 0.238 e. The van der Waals surface area contributed by atoms with Crippen molar-refractivity contribution in [2.45, 2.75) is 31.3 Å². The Hall–Kier alpha value is -0.730. The Kier molecular flexibility index (Phi) is 3.49. The monoisotopic (exact) mass is 225 g/mol. The fraction of sp³-hybridized carbons (Fsp3) is 0.800. The van der Waals surface area contributed by atoms with Crippen LogP contribution in [0.1, 0.15) is 19.3 Å². The van der Waals surface area contributed by atoms with E-state index in [0.29, 0.717) is 0 Å². The van der Waals surface area contributed by atoms with Crippen molar-refractivity contribution < 1.29 is 4.79 Å². The number of carbonyl (C=O) groups excluding carboxylic acids is 1. The predicted octanol–water partition coefficient (Wildman–Crippen LogP) is 0.457. The van der Waals surface area contributed by atoms with E-state index in [1.807, 2.05) is 0 Å². The second-order valence-electron chi connectivity index (χ2n) is 4.05. The van der Waals surface area contributed by atoms with Gasteiger partial charge in [0, 0.05) is 17.7 Å². The molecule has 4 nitrogen and oxygen atoms in total. The molecule has 5 heteroatoms. The van der Waals surface area contributed by atoms with Crippen molar-refractivity contribution in [2.75, 3.05) is 11.6 Å². The molecule has 2 aliphatic rings. The van der Waals surface area contributed by atoms with Crippen molar-refractivity contribution in [3.63, 3.8) is 0 Å². The second-order valence-corrected chi connectivity index (χ2v) is 5.08. The van der Waals surface area contributed by atoms with Crippen LogP contribution in [0.25, 0.3) is 0 Å². The van der Waals surface area contributed by atoms with E-state index in [2.05, 4.69) is 16.7 Å². The quantitative estimate of drug-likeness (QED) is 0.716. The third-order valence-corrected chi connectivity index (χ3v) is 3.98. The predicted molar refractivity (Wildman–Crippen MR) is 59.1 cm³/mol. The Morgan fingerprint density at radius 1 is 1.53 bits per heavy atom. The highest BCUT2D eigenvalue weighted by Crippen LogP contribution is 2.25. The molecule has 1 aliphatic carbocycles. The highest BCUT2D eigenvalue weighted by molar-refractivity contribution is 7.99. The van der Waals surface area contributed by atoms with Gasteiger partial charge in [0.15, 0.2) is 0 Å². The molecule has 0 aromatic heterocycles. The van der Waals surface area contributed by atoms with Crippen molar-refractivity contribution in [1.29, 1.82) is 5.26 Å². The molecule has 2 rings (SSSR count). The summed E-state index contributed by atoms with van der Waals surface area (Å²) in [5, 5.41) is 15.0. The van der Waals surface area contributed by atoms with Crippen molar-refractivity contribution in [3.8, 4) is 6.07 Å². The van der Waals surface area contributed by atoms with Gasteiger partial charge in [0.25, 0.3) is 0 Å². The van der Waals surface area contributed by atoms with Crippen molar-refractivity contribution in [1.82, 2.24) is 10.6 Å². The van der Waals surface area contributed by atoms with Crippen molar-refractivity contribution in [2.24, 2.45) is 5.92 Å². The molecule has 0 radical (unpaired) electrons. The topological polar surface area (TPSA) is 64.9 Å². The number of carbonyl (C=O) groups is 1. The Labute approximate surface area is 93.8 Å². The molecular formula is C10H15N3OS. The Balaban J connectivity index is 1.85. The van der Waals surface area contributed by atoms with Gasteiger partial charge in [-0.15, -0.1) is 11.8 Å². The molecule has 0 bridgehead atoms. The molecule has 15 heavy (non-hydrogen) atoms. The molecule has 3 atom stereocenters. The molecular weight excluding hydrogens is 210 g/mol. The van der Waals surface area contributed by atoms with Gasteiger partial charge in [-0.05, 0) is 19.3 Å². The van der Waals surface area contributed by atoms with E-state index in [4.69, 9.17) is 5.26 Å². The van der Waals surface area contributed by atoms with Crippen LogP contribution in [0.4, 0.5) is 0 Å². The second kappa shape index (κ2) is 4.86. The van der Waals surface area contributed by atoms with Gasteiger partial charge in [0.1, 0.15) is 0 Å². The van der Waals surface area contributed by atoms with Crippen LogP contribution in [0.2, 0.25) is 0 Å². The van der Waals surface area contributed by atoms with E-state index < -0.39 is 0 Å². The van der Waals surface area contributed by atoms with Crippen LogP contribution < -0.4 is 10.6 Å². The minimum atomic E-state index is -0.0602. The summed E-state index contributed by atoms with van der Waals surface area (Å²) < 4.78 is 0. The number of amides is 1. The summed E-state index contributed by atoms with van der Waals surface area (Å²) in [5.74, 6) is 1.77. The zero-order valence-corrected chi connectivity index (χ0v) is 9.35. The van der Waals surface area contributed by atoms with Gasteiger partial charge in [-0.25, -0.2) is 0 Å². The molecule has 1 heterocycles. The number of hydrogen-bond acceptors (Lipinski definition) is 4. The first-order valence-electron chi connectivity index (χ1n) is 5.32. The van der Waals surface area contributed by atoms with Crippen LogP contribution in [0, 0.1) is 17.2 Å². The van der Waals surface area contributed by atoms with Crippen LogP contribution in [-0.4, -0.2) is 29.6 Å². The van der Waals surface area contributed by atoms with Crippen LogP contribution in [0.15, 0.2) is 0 Å². The largest absolute Gasteiger partial charge is 0.351 e. The number of nitriles is 1. The van der Waals surface area contributed by atoms with Crippen LogP contribution in [0.5, 0.6) is 0 Å². The van der Waals surface area contributed by atoms with Gasteiger partial charge in [-0.3, -0.25) is 10.1 Å². The van der Waals surface area contributed by atoms with Crippen LogP contribution >= 0.6 is 11.8 Å². The summed E-state index contributed by atoms with van der Waals surface area (Å²) >= 11 is 1.74. The number of thioether (sulfide) groups is 1. The average molecular weight is 225 g/mol. The number of rotatable bonds is 2. The van der Waals surface area contributed by atoms with Gasteiger partial charge in [-0.1, -0.05) is 0 Å². The SMILES string of the molecule is N#CC1CCCC1NC(=O)C1CSCN1. The highest BCUT2D eigenvalue weighted by Gasteiger charge is 2.31. The lowest BCUT2D eigenvalue weighted by Crippen LogP contribution is -2.47. The highest BCUT2D eigenvalue weighted by atomic mass is 32.2. The van der Waals surface area contributed by atoms with E-state index in [0.717, 1.165) is 30.9 Å². The molecule has 1 aliphatic heterocycles. The third kappa shape index (κ3) is 2.44. The standard InChI is InChI=1S/C10H15N3OS/c11-4-7-2-1-3-8(7)13-10(14)9-5-15-6-12-9/h7-9,12H,1-3,5-6H2,(H,13,14). The van der Waals surface area contributed by atoms with Gasteiger partial charge in [0.2, 0.25) is 5.91 Å². The lowest BCUT2D eigenvalue weighted by Gasteiger charge is -2.18. The number of hydrogen-bond donors (Lipinski definition) is 2. The summed E-state index contributed by atoms with van der Waals surface area (Å²) in [6.45, 7) is 0. The normalized spacial score (nSPS) is 35.0. The Morgan fingerprint density at radius 3 is 3.07 bits per heavy atom. The molecule has 0 spiro atoms. The van der Waals surface area contributed by atoms with Gasteiger partial charge < -0.3 is 5.32 Å². The summed E-state index contributed by atoms with van der Waals surface area (Å²) in [4.78, 5) is 11.8. The minimum absolute atomic E-state index is 0.0167. The molecule has 82 valence electrons. The van der Waals surface area contributed by atoms with E-state index >= 15 is 0 Å². The van der Waals surface area contributed by atoms with Gasteiger partial charge in [-0.2, -0.15) is 5.26 Å². The molecule has 0 aromatic carbocycles. The van der Waals surface area contributed by atoms with E-state index in [9.17, 15) is 4.79 Å². The fourth-order valence-corrected chi connectivity index (χ4v) is 3.08. The Morgan fingerprint density at radius 2 is 2.40 bits per heavy atom. The summed E-state index contributed by atoms with van der Waals surface area (Å²) in [6, 6.07) is 2.29. The van der Waals surface area contributed by atoms with Crippen molar-refractivity contribution in [3.05, 3.63) is 0 Å². The first-order chi connectivity index (χ1) is 7.31. The number of nitrogens with zero attached hydrogens (tertiary/aromatic N) is 1. The maximum atomic E-state index is 11.8. The van der Waals surface area contributed by atoms with E-state index in [-0.39, 0.29) is 23.9 Å². The molecule has 1 saturated heterocycles. The molecule has 2 N–H and O–H groups in total. The van der Waals surface area contributed by atoms with Crippen molar-refractivity contribution >= 4 is 17.7 Å². The summed E-state index contributed by atoms with van der Waals surface area (Å²) in [5.41, 5.74) is 0. The molecule has 2 fully saturated rings. The van der Waals surface area contributed by atoms with Gasteiger partial charge in [0.05, 0.1) is 18.0 Å². The first-order valence-corrected chi connectivity index (χ1v) is 6.48. The van der Waals surface area contributed by atoms with Crippen LogP contribution in [-0.2, 0) is 4.79 Å². The lowest BCUT2D eigenvalue weighted by atomic mass is 10.1.